The van der Waals surface area contributed by atoms with Crippen molar-refractivity contribution >= 4 is 30.6 Å². The van der Waals surface area contributed by atoms with Crippen molar-refractivity contribution in [3.8, 4) is 0 Å². The molecule has 1 N–H and O–H groups in total. The molecule has 5 rings (SSSR count). The van der Waals surface area contributed by atoms with Crippen LogP contribution in [0.3, 0.4) is 0 Å². The molecule has 2 aromatic rings. The zero-order valence-corrected chi connectivity index (χ0v) is 19.8. The number of hydrogen-bond acceptors (Lipinski definition) is 6. The van der Waals surface area contributed by atoms with Gasteiger partial charge in [0, 0.05) is 74.2 Å². The quantitative estimate of drug-likeness (QED) is 0.746. The van der Waals surface area contributed by atoms with E-state index < -0.39 is 0 Å². The van der Waals surface area contributed by atoms with E-state index >= 15 is 0 Å². The van der Waals surface area contributed by atoms with Crippen LogP contribution < -0.4 is 15.8 Å². The first-order valence-electron chi connectivity index (χ1n) is 10.8. The molecule has 0 aliphatic carbocycles. The van der Waals surface area contributed by atoms with E-state index in [1.807, 2.05) is 6.92 Å². The number of hydrogen-bond donors (Lipinski definition) is 1. The van der Waals surface area contributed by atoms with Crippen LogP contribution in [0.2, 0.25) is 0 Å². The molecule has 170 valence electrons. The van der Waals surface area contributed by atoms with Crippen molar-refractivity contribution in [3.63, 3.8) is 0 Å². The van der Waals surface area contributed by atoms with Crippen LogP contribution in [0.4, 0.5) is 5.82 Å². The van der Waals surface area contributed by atoms with Crippen LogP contribution in [-0.4, -0.2) is 58.7 Å². The highest BCUT2D eigenvalue weighted by molar-refractivity contribution is 5.85. The summed E-state index contributed by atoms with van der Waals surface area (Å²) < 4.78 is 2.07. The molecule has 0 saturated carbocycles. The number of piperidine rings is 1. The lowest BCUT2D eigenvalue weighted by Gasteiger charge is -2.38. The molecule has 5 heterocycles. The summed E-state index contributed by atoms with van der Waals surface area (Å²) in [6, 6.07) is 4.28. The second-order valence-electron chi connectivity index (χ2n) is 8.83. The summed E-state index contributed by atoms with van der Waals surface area (Å²) in [5, 5.41) is 3.52. The predicted molar refractivity (Wildman–Crippen MR) is 128 cm³/mol. The minimum absolute atomic E-state index is 0. The van der Waals surface area contributed by atoms with Crippen LogP contribution in [-0.2, 0) is 13.1 Å². The van der Waals surface area contributed by atoms with Crippen LogP contribution in [0.25, 0.3) is 0 Å². The smallest absolute Gasteiger partial charge is 0.255 e. The molecule has 31 heavy (non-hydrogen) atoms. The molecule has 0 unspecified atom stereocenters. The lowest BCUT2D eigenvalue weighted by Crippen LogP contribution is -2.48. The fourth-order valence-corrected chi connectivity index (χ4v) is 5.16. The van der Waals surface area contributed by atoms with E-state index in [9.17, 15) is 4.79 Å². The second kappa shape index (κ2) is 9.86. The summed E-state index contributed by atoms with van der Waals surface area (Å²) in [6.07, 6.45) is 2.87. The summed E-state index contributed by atoms with van der Waals surface area (Å²) in [6.45, 7) is 11.5. The number of nitrogens with zero attached hydrogens (tertiary/aromatic N) is 5. The fourth-order valence-electron chi connectivity index (χ4n) is 5.16. The Kier molecular flexibility index (Phi) is 7.63. The maximum Gasteiger partial charge on any atom is 0.255 e. The number of anilines is 1. The Hall–Kier alpha value is -1.67. The van der Waals surface area contributed by atoms with Crippen LogP contribution in [0.5, 0.6) is 0 Å². The summed E-state index contributed by atoms with van der Waals surface area (Å²) in [5.41, 5.74) is 4.59. The molecule has 3 aliphatic heterocycles. The molecule has 0 radical (unpaired) electrons. The molecule has 3 aliphatic rings. The van der Waals surface area contributed by atoms with Crippen molar-refractivity contribution in [2.24, 2.45) is 5.92 Å². The SMILES string of the molecule is Cc1ncnc(N2CCN(Cc3ccc4n(c3=O)C[C@@H]3CNC[C@H]4C3)CC2)c1C.Cl.Cl. The third-order valence-corrected chi connectivity index (χ3v) is 6.96. The van der Waals surface area contributed by atoms with Crippen molar-refractivity contribution in [1.29, 1.82) is 0 Å². The molecule has 2 aromatic heterocycles. The highest BCUT2D eigenvalue weighted by Crippen LogP contribution is 2.31. The van der Waals surface area contributed by atoms with Gasteiger partial charge in [0.1, 0.15) is 12.1 Å². The van der Waals surface area contributed by atoms with Gasteiger partial charge in [-0.2, -0.15) is 0 Å². The molecule has 2 saturated heterocycles. The van der Waals surface area contributed by atoms with Crippen LogP contribution in [0.15, 0.2) is 23.3 Å². The van der Waals surface area contributed by atoms with E-state index in [0.717, 1.165) is 75.0 Å². The van der Waals surface area contributed by atoms with Gasteiger partial charge in [-0.1, -0.05) is 6.07 Å². The third-order valence-electron chi connectivity index (χ3n) is 6.96. The molecule has 0 spiro atoms. The van der Waals surface area contributed by atoms with E-state index in [4.69, 9.17) is 0 Å². The van der Waals surface area contributed by atoms with Gasteiger partial charge in [0.2, 0.25) is 0 Å². The number of fused-ring (bicyclic) bond motifs is 4. The number of rotatable bonds is 3. The lowest BCUT2D eigenvalue weighted by atomic mass is 9.84. The molecule has 9 heteroatoms. The van der Waals surface area contributed by atoms with E-state index in [2.05, 4.69) is 48.7 Å². The Bertz CT molecular complexity index is 973. The first-order valence-corrected chi connectivity index (χ1v) is 10.8. The Morgan fingerprint density at radius 2 is 1.84 bits per heavy atom. The van der Waals surface area contributed by atoms with E-state index in [0.29, 0.717) is 11.8 Å². The van der Waals surface area contributed by atoms with Gasteiger partial charge in [-0.25, -0.2) is 9.97 Å². The number of pyridine rings is 1. The lowest BCUT2D eigenvalue weighted by molar-refractivity contribution is 0.240. The first-order chi connectivity index (χ1) is 14.1. The molecule has 2 atom stereocenters. The zero-order chi connectivity index (χ0) is 20.0. The summed E-state index contributed by atoms with van der Waals surface area (Å²) >= 11 is 0. The van der Waals surface area contributed by atoms with Gasteiger partial charge in [0.15, 0.2) is 0 Å². The normalized spacial score (nSPS) is 22.8. The largest absolute Gasteiger partial charge is 0.354 e. The first kappa shape index (κ1) is 24.0. The van der Waals surface area contributed by atoms with Crippen LogP contribution >= 0.6 is 24.8 Å². The minimum Gasteiger partial charge on any atom is -0.354 e. The van der Waals surface area contributed by atoms with E-state index in [-0.39, 0.29) is 30.4 Å². The Balaban J connectivity index is 0.00000136. The molecule has 7 nitrogen and oxygen atoms in total. The van der Waals surface area contributed by atoms with Gasteiger partial charge in [0.05, 0.1) is 0 Å². The van der Waals surface area contributed by atoms with E-state index in [1.165, 1.54) is 12.1 Å². The molecular weight excluding hydrogens is 435 g/mol. The highest BCUT2D eigenvalue weighted by Gasteiger charge is 2.31. The molecular formula is C22H32Cl2N6O. The number of halogens is 2. The van der Waals surface area contributed by atoms with Crippen molar-refractivity contribution in [2.45, 2.75) is 39.3 Å². The monoisotopic (exact) mass is 466 g/mol. The van der Waals surface area contributed by atoms with Gasteiger partial charge < -0.3 is 14.8 Å². The fraction of sp³-hybridized carbons (Fsp3) is 0.591. The standard InChI is InChI=1S/C22H30N6O.2ClH/c1-15-16(2)24-14-25-21(15)27-7-5-26(6-8-27)13-18-3-4-20-19-9-17(10-23-11-19)12-28(20)22(18)29;;/h3-4,14,17,19,23H,5-13H2,1-2H3;2*1H/t17-,19+;;/m0../s1. The average Bonchev–Trinajstić information content (AvgIpc) is 2.73. The van der Waals surface area contributed by atoms with Gasteiger partial charge in [-0.05, 0) is 38.8 Å². The molecule has 2 fully saturated rings. The number of aromatic nitrogens is 3. The van der Waals surface area contributed by atoms with Crippen molar-refractivity contribution in [2.75, 3.05) is 44.2 Å². The summed E-state index contributed by atoms with van der Waals surface area (Å²) in [7, 11) is 0. The maximum absolute atomic E-state index is 13.2. The van der Waals surface area contributed by atoms with Crippen molar-refractivity contribution < 1.29 is 0 Å². The zero-order valence-electron chi connectivity index (χ0n) is 18.2. The molecule has 2 bridgehead atoms. The van der Waals surface area contributed by atoms with Gasteiger partial charge in [-0.3, -0.25) is 9.69 Å². The van der Waals surface area contributed by atoms with Gasteiger partial charge in [-0.15, -0.1) is 24.8 Å². The summed E-state index contributed by atoms with van der Waals surface area (Å²) in [5.74, 6) is 2.14. The Morgan fingerprint density at radius 3 is 2.61 bits per heavy atom. The van der Waals surface area contributed by atoms with Crippen molar-refractivity contribution in [1.82, 2.24) is 24.8 Å². The van der Waals surface area contributed by atoms with E-state index in [1.54, 1.807) is 6.33 Å². The minimum atomic E-state index is 0. The van der Waals surface area contributed by atoms with Gasteiger partial charge in [0.25, 0.3) is 5.56 Å². The Labute approximate surface area is 196 Å². The predicted octanol–water partition coefficient (Wildman–Crippen LogP) is 2.13. The van der Waals surface area contributed by atoms with Gasteiger partial charge >= 0.3 is 0 Å². The summed E-state index contributed by atoms with van der Waals surface area (Å²) in [4.78, 5) is 26.7. The highest BCUT2D eigenvalue weighted by atomic mass is 35.5. The third kappa shape index (κ3) is 4.60. The number of aryl methyl sites for hydroxylation is 1. The number of piperazine rings is 1. The topological polar surface area (TPSA) is 66.3 Å². The average molecular weight is 467 g/mol. The Morgan fingerprint density at radius 1 is 1.06 bits per heavy atom. The second-order valence-corrected chi connectivity index (χ2v) is 8.83. The number of nitrogens with one attached hydrogen (secondary N) is 1. The molecule has 0 amide bonds. The maximum atomic E-state index is 13.2. The molecule has 0 aromatic carbocycles. The van der Waals surface area contributed by atoms with Crippen LogP contribution in [0.1, 0.15) is 34.9 Å². The van der Waals surface area contributed by atoms with Crippen molar-refractivity contribution in [3.05, 3.63) is 51.3 Å². The van der Waals surface area contributed by atoms with Crippen LogP contribution in [0, 0.1) is 19.8 Å².